The highest BCUT2D eigenvalue weighted by Crippen LogP contribution is 2.37. The first-order valence-corrected chi connectivity index (χ1v) is 13.7. The summed E-state index contributed by atoms with van der Waals surface area (Å²) in [6.45, 7) is 2.00. The zero-order valence-electron chi connectivity index (χ0n) is 19.6. The Bertz CT molecular complexity index is 1640. The van der Waals surface area contributed by atoms with E-state index in [1.54, 1.807) is 37.3 Å². The predicted molar refractivity (Wildman–Crippen MR) is 151 cm³/mol. The van der Waals surface area contributed by atoms with Gasteiger partial charge in [0.2, 0.25) is 0 Å². The zero-order valence-corrected chi connectivity index (χ0v) is 22.6. The monoisotopic (exact) mass is 624 g/mol. The number of hydrogen-bond acceptors (Lipinski definition) is 6. The summed E-state index contributed by atoms with van der Waals surface area (Å²) in [7, 11) is -4.10. The molecule has 0 bridgehead atoms. The van der Waals surface area contributed by atoms with Crippen LogP contribution in [0, 0.1) is 14.9 Å². The molecule has 0 aromatic heterocycles. The van der Waals surface area contributed by atoms with Crippen LogP contribution in [0.5, 0.6) is 11.5 Å². The Balaban J connectivity index is 1.66. The molecule has 0 aliphatic carbocycles. The molecule has 1 N–H and O–H groups in total. The minimum atomic E-state index is -4.10. The number of amides is 1. The Hall–Kier alpha value is -3.88. The number of anilines is 1. The maximum atomic E-state index is 13.0. The van der Waals surface area contributed by atoms with Gasteiger partial charge in [0.25, 0.3) is 5.91 Å². The summed E-state index contributed by atoms with van der Waals surface area (Å²) < 4.78 is 37.1. The number of nitriles is 1. The van der Waals surface area contributed by atoms with Crippen LogP contribution in [0.2, 0.25) is 0 Å². The molecule has 0 heterocycles. The Morgan fingerprint density at radius 3 is 2.46 bits per heavy atom. The van der Waals surface area contributed by atoms with Crippen molar-refractivity contribution in [2.45, 2.75) is 11.8 Å². The molecular formula is C28H21IN2O5S. The SMILES string of the molecule is CCOc1cc(/C=C(\C#N)C(=O)Nc2cccc3ccccc23)cc(I)c1OS(=O)(=O)c1ccccc1. The first-order chi connectivity index (χ1) is 17.8. The third-order valence-electron chi connectivity index (χ3n) is 5.27. The first kappa shape index (κ1) is 26.2. The van der Waals surface area contributed by atoms with Gasteiger partial charge >= 0.3 is 10.1 Å². The number of halogens is 1. The molecular weight excluding hydrogens is 603 g/mol. The molecule has 1 amide bonds. The molecule has 9 heteroatoms. The second kappa shape index (κ2) is 11.5. The Morgan fingerprint density at radius 2 is 1.73 bits per heavy atom. The van der Waals surface area contributed by atoms with Gasteiger partial charge in [-0.25, -0.2) is 0 Å². The van der Waals surface area contributed by atoms with Crippen LogP contribution in [0.3, 0.4) is 0 Å². The number of rotatable bonds is 8. The van der Waals surface area contributed by atoms with Crippen LogP contribution < -0.4 is 14.2 Å². The zero-order chi connectivity index (χ0) is 26.4. The second-order valence-electron chi connectivity index (χ2n) is 7.76. The van der Waals surface area contributed by atoms with Gasteiger partial charge in [-0.05, 0) is 76.9 Å². The fraction of sp³-hybridized carbons (Fsp3) is 0.0714. The van der Waals surface area contributed by atoms with Gasteiger partial charge < -0.3 is 14.2 Å². The van der Waals surface area contributed by atoms with Gasteiger partial charge in [0.05, 0.1) is 10.2 Å². The third-order valence-corrected chi connectivity index (χ3v) is 7.31. The Labute approximate surface area is 228 Å². The maximum absolute atomic E-state index is 13.0. The van der Waals surface area contributed by atoms with Crippen LogP contribution in [0.15, 0.2) is 95.4 Å². The minimum Gasteiger partial charge on any atom is -0.490 e. The summed E-state index contributed by atoms with van der Waals surface area (Å²) in [5.41, 5.74) is 0.933. The van der Waals surface area contributed by atoms with E-state index in [0.717, 1.165) is 10.8 Å². The number of carbonyl (C=O) groups is 1. The summed E-state index contributed by atoms with van der Waals surface area (Å²) in [4.78, 5) is 13.0. The molecule has 0 aliphatic heterocycles. The summed E-state index contributed by atoms with van der Waals surface area (Å²) in [5.74, 6) is -0.368. The number of carbonyl (C=O) groups excluding carboxylic acids is 1. The lowest BCUT2D eigenvalue weighted by molar-refractivity contribution is -0.112. The fourth-order valence-electron chi connectivity index (χ4n) is 3.60. The van der Waals surface area contributed by atoms with E-state index in [4.69, 9.17) is 8.92 Å². The van der Waals surface area contributed by atoms with E-state index in [0.29, 0.717) is 14.8 Å². The minimum absolute atomic E-state index is 0.00842. The fourth-order valence-corrected chi connectivity index (χ4v) is 5.46. The first-order valence-electron chi connectivity index (χ1n) is 11.2. The van der Waals surface area contributed by atoms with Crippen LogP contribution >= 0.6 is 22.6 Å². The highest BCUT2D eigenvalue weighted by Gasteiger charge is 2.22. The second-order valence-corrected chi connectivity index (χ2v) is 10.5. The number of fused-ring (bicyclic) bond motifs is 1. The molecule has 0 atom stereocenters. The molecule has 0 unspecified atom stereocenters. The summed E-state index contributed by atoms with van der Waals surface area (Å²) in [5, 5.41) is 14.3. The van der Waals surface area contributed by atoms with Crippen molar-refractivity contribution in [2.24, 2.45) is 0 Å². The van der Waals surface area contributed by atoms with E-state index >= 15 is 0 Å². The number of nitrogens with one attached hydrogen (secondary N) is 1. The standard InChI is InChI=1S/C28H21IN2O5S/c1-2-35-26-17-19(16-24(29)27(26)36-37(33,34)22-11-4-3-5-12-22)15-21(18-30)28(32)31-25-14-8-10-20-9-6-7-13-23(20)25/h3-17H,2H2,1H3,(H,31,32)/b21-15+. The van der Waals surface area contributed by atoms with Crippen molar-refractivity contribution in [1.29, 1.82) is 5.26 Å². The van der Waals surface area contributed by atoms with Crippen LogP contribution in [-0.4, -0.2) is 20.9 Å². The summed E-state index contributed by atoms with van der Waals surface area (Å²) in [6, 6.07) is 26.0. The van der Waals surface area contributed by atoms with Crippen LogP contribution in [0.4, 0.5) is 5.69 Å². The van der Waals surface area contributed by atoms with Gasteiger partial charge in [0, 0.05) is 11.1 Å². The predicted octanol–water partition coefficient (Wildman–Crippen LogP) is 6.16. The number of benzene rings is 4. The molecule has 0 radical (unpaired) electrons. The molecule has 37 heavy (non-hydrogen) atoms. The summed E-state index contributed by atoms with van der Waals surface area (Å²) in [6.07, 6.45) is 1.42. The van der Waals surface area contributed by atoms with Crippen LogP contribution in [0.1, 0.15) is 12.5 Å². The lowest BCUT2D eigenvalue weighted by Gasteiger charge is -2.15. The van der Waals surface area contributed by atoms with Gasteiger partial charge in [-0.2, -0.15) is 13.7 Å². The number of hydrogen-bond donors (Lipinski definition) is 1. The van der Waals surface area contributed by atoms with E-state index in [1.165, 1.54) is 24.3 Å². The van der Waals surface area contributed by atoms with Gasteiger partial charge in [0.15, 0.2) is 11.5 Å². The molecule has 4 aromatic carbocycles. The largest absolute Gasteiger partial charge is 0.490 e. The normalized spacial score (nSPS) is 11.5. The Kier molecular flexibility index (Phi) is 8.11. The van der Waals surface area contributed by atoms with E-state index in [2.05, 4.69) is 5.32 Å². The molecule has 186 valence electrons. The van der Waals surface area contributed by atoms with Crippen molar-refractivity contribution in [3.8, 4) is 17.6 Å². The maximum Gasteiger partial charge on any atom is 0.339 e. The molecule has 0 fully saturated rings. The molecule has 0 aliphatic rings. The van der Waals surface area contributed by atoms with Gasteiger partial charge in [-0.15, -0.1) is 0 Å². The van der Waals surface area contributed by atoms with Crippen molar-refractivity contribution in [2.75, 3.05) is 11.9 Å². The average Bonchev–Trinajstić information content (AvgIpc) is 2.90. The van der Waals surface area contributed by atoms with Gasteiger partial charge in [0.1, 0.15) is 16.5 Å². The smallest absolute Gasteiger partial charge is 0.339 e. The molecule has 7 nitrogen and oxygen atoms in total. The number of nitrogens with zero attached hydrogens (tertiary/aromatic N) is 1. The Morgan fingerprint density at radius 1 is 1.03 bits per heavy atom. The van der Waals surface area contributed by atoms with Crippen LogP contribution in [-0.2, 0) is 14.9 Å². The van der Waals surface area contributed by atoms with Crippen LogP contribution in [0.25, 0.3) is 16.8 Å². The summed E-state index contributed by atoms with van der Waals surface area (Å²) >= 11 is 1.93. The van der Waals surface area contributed by atoms with Crippen molar-refractivity contribution < 1.29 is 22.1 Å². The van der Waals surface area contributed by atoms with E-state index < -0.39 is 16.0 Å². The molecule has 0 saturated heterocycles. The van der Waals surface area contributed by atoms with E-state index in [1.807, 2.05) is 65.1 Å². The van der Waals surface area contributed by atoms with Crippen molar-refractivity contribution in [3.05, 3.63) is 99.6 Å². The third kappa shape index (κ3) is 6.10. The lowest BCUT2D eigenvalue weighted by Crippen LogP contribution is -2.14. The van der Waals surface area contributed by atoms with Crippen molar-refractivity contribution in [3.63, 3.8) is 0 Å². The average molecular weight is 624 g/mol. The molecule has 4 aromatic rings. The van der Waals surface area contributed by atoms with E-state index in [9.17, 15) is 18.5 Å². The van der Waals surface area contributed by atoms with E-state index in [-0.39, 0.29) is 28.6 Å². The van der Waals surface area contributed by atoms with Crippen molar-refractivity contribution >= 4 is 61.2 Å². The quantitative estimate of drug-likeness (QED) is 0.109. The van der Waals surface area contributed by atoms with Gasteiger partial charge in [-0.1, -0.05) is 54.6 Å². The highest BCUT2D eigenvalue weighted by atomic mass is 127. The van der Waals surface area contributed by atoms with Crippen molar-refractivity contribution in [1.82, 2.24) is 0 Å². The highest BCUT2D eigenvalue weighted by molar-refractivity contribution is 14.1. The molecule has 0 saturated carbocycles. The molecule has 0 spiro atoms. The number of ether oxygens (including phenoxy) is 1. The molecule has 4 rings (SSSR count). The van der Waals surface area contributed by atoms with Gasteiger partial charge in [-0.3, -0.25) is 4.79 Å². The lowest BCUT2D eigenvalue weighted by atomic mass is 10.1. The topological polar surface area (TPSA) is 105 Å².